The van der Waals surface area contributed by atoms with E-state index in [9.17, 15) is 9.59 Å². The molecular formula is C19H21N5O3S2. The van der Waals surface area contributed by atoms with Gasteiger partial charge in [0.2, 0.25) is 11.7 Å². The van der Waals surface area contributed by atoms with Crippen LogP contribution in [0.1, 0.15) is 48.5 Å². The molecule has 3 aromatic heterocycles. The maximum atomic E-state index is 12.4. The Morgan fingerprint density at radius 2 is 2.10 bits per heavy atom. The molecule has 0 bridgehead atoms. The van der Waals surface area contributed by atoms with Crippen molar-refractivity contribution in [1.82, 2.24) is 14.8 Å². The minimum Gasteiger partial charge on any atom is -0.461 e. The zero-order valence-electron chi connectivity index (χ0n) is 15.7. The highest BCUT2D eigenvalue weighted by Gasteiger charge is 2.25. The van der Waals surface area contributed by atoms with Gasteiger partial charge in [-0.25, -0.2) is 0 Å². The molecule has 0 aromatic carbocycles. The first-order valence-electron chi connectivity index (χ1n) is 9.42. The van der Waals surface area contributed by atoms with E-state index in [0.717, 1.165) is 12.8 Å². The second-order valence-corrected chi connectivity index (χ2v) is 8.67. The van der Waals surface area contributed by atoms with Crippen molar-refractivity contribution in [3.63, 3.8) is 0 Å². The molecule has 2 amide bonds. The van der Waals surface area contributed by atoms with Crippen LogP contribution in [0.4, 0.5) is 5.00 Å². The second-order valence-electron chi connectivity index (χ2n) is 6.81. The number of amides is 2. The molecule has 1 saturated carbocycles. The number of hydrogen-bond acceptors (Lipinski definition) is 7. The summed E-state index contributed by atoms with van der Waals surface area (Å²) in [6.07, 6.45) is 7.30. The Morgan fingerprint density at radius 1 is 1.28 bits per heavy atom. The third-order valence-electron chi connectivity index (χ3n) is 4.86. The van der Waals surface area contributed by atoms with Crippen LogP contribution in [0.3, 0.4) is 0 Å². The molecule has 10 heteroatoms. The highest BCUT2D eigenvalue weighted by Crippen LogP contribution is 2.35. The number of hydrogen-bond donors (Lipinski definition) is 2. The number of rotatable bonds is 7. The van der Waals surface area contributed by atoms with E-state index >= 15 is 0 Å². The predicted molar refractivity (Wildman–Crippen MR) is 112 cm³/mol. The Labute approximate surface area is 175 Å². The number of nitrogens with zero attached hydrogens (tertiary/aromatic N) is 3. The lowest BCUT2D eigenvalue weighted by Crippen LogP contribution is -2.19. The number of anilines is 1. The third-order valence-corrected chi connectivity index (χ3v) is 6.63. The van der Waals surface area contributed by atoms with Gasteiger partial charge in [-0.05, 0) is 36.4 Å². The summed E-state index contributed by atoms with van der Waals surface area (Å²) in [6, 6.07) is 5.59. The molecule has 0 atom stereocenters. The molecule has 1 fully saturated rings. The summed E-state index contributed by atoms with van der Waals surface area (Å²) in [5, 5.41) is 14.3. The van der Waals surface area contributed by atoms with Crippen LogP contribution >= 0.6 is 23.1 Å². The molecule has 29 heavy (non-hydrogen) atoms. The van der Waals surface area contributed by atoms with Gasteiger partial charge in [0.1, 0.15) is 5.00 Å². The standard InChI is InChI=1S/C19H21N5O3S2/c20-16(26)13-8-10-28-18(13)21-15(25)11-29-19-23-22-17(14-7-4-9-27-14)24(19)12-5-2-1-3-6-12/h4,7-10,12H,1-3,5-6,11H2,(H2,20,26)(H,21,25). The molecule has 0 aliphatic heterocycles. The fourth-order valence-corrected chi connectivity index (χ4v) is 5.12. The molecule has 8 nitrogen and oxygen atoms in total. The Kier molecular flexibility index (Phi) is 6.00. The first-order valence-corrected chi connectivity index (χ1v) is 11.3. The SMILES string of the molecule is NC(=O)c1ccsc1NC(=O)CSc1nnc(-c2ccco2)n1C1CCCCC1. The van der Waals surface area contributed by atoms with Gasteiger partial charge >= 0.3 is 0 Å². The van der Waals surface area contributed by atoms with Gasteiger partial charge in [0, 0.05) is 6.04 Å². The van der Waals surface area contributed by atoms with Crippen molar-refractivity contribution in [2.75, 3.05) is 11.1 Å². The average molecular weight is 432 g/mol. The largest absolute Gasteiger partial charge is 0.461 e. The van der Waals surface area contributed by atoms with Crippen molar-refractivity contribution in [3.8, 4) is 11.6 Å². The number of furan rings is 1. The van der Waals surface area contributed by atoms with Crippen LogP contribution in [-0.2, 0) is 4.79 Å². The van der Waals surface area contributed by atoms with E-state index < -0.39 is 5.91 Å². The molecule has 152 valence electrons. The molecule has 3 N–H and O–H groups in total. The van der Waals surface area contributed by atoms with E-state index in [0.29, 0.717) is 33.3 Å². The Hall–Kier alpha value is -2.59. The van der Waals surface area contributed by atoms with Crippen LogP contribution < -0.4 is 11.1 Å². The Morgan fingerprint density at radius 3 is 2.83 bits per heavy atom. The summed E-state index contributed by atoms with van der Waals surface area (Å²) in [4.78, 5) is 23.8. The topological polar surface area (TPSA) is 116 Å². The number of carbonyl (C=O) groups excluding carboxylic acids is 2. The lowest BCUT2D eigenvalue weighted by molar-refractivity contribution is -0.113. The Bertz CT molecular complexity index is 990. The summed E-state index contributed by atoms with van der Waals surface area (Å²) in [5.74, 6) is 0.731. The molecule has 0 radical (unpaired) electrons. The monoisotopic (exact) mass is 431 g/mol. The number of thiophene rings is 1. The minimum absolute atomic E-state index is 0.152. The summed E-state index contributed by atoms with van der Waals surface area (Å²) in [7, 11) is 0. The van der Waals surface area contributed by atoms with E-state index in [1.807, 2.05) is 12.1 Å². The van der Waals surface area contributed by atoms with E-state index in [4.69, 9.17) is 10.2 Å². The molecule has 1 aliphatic carbocycles. The van der Waals surface area contributed by atoms with Gasteiger partial charge in [0.15, 0.2) is 10.9 Å². The fraction of sp³-hybridized carbons (Fsp3) is 0.368. The van der Waals surface area contributed by atoms with Gasteiger partial charge in [0.25, 0.3) is 5.91 Å². The molecule has 1 aliphatic rings. The number of aromatic nitrogens is 3. The summed E-state index contributed by atoms with van der Waals surface area (Å²) < 4.78 is 7.65. The highest BCUT2D eigenvalue weighted by molar-refractivity contribution is 7.99. The van der Waals surface area contributed by atoms with Gasteiger partial charge in [0.05, 0.1) is 17.6 Å². The minimum atomic E-state index is -0.561. The molecule has 0 unspecified atom stereocenters. The van der Waals surface area contributed by atoms with Crippen LogP contribution in [0.15, 0.2) is 39.4 Å². The van der Waals surface area contributed by atoms with Crippen molar-refractivity contribution in [1.29, 1.82) is 0 Å². The van der Waals surface area contributed by atoms with E-state index in [1.54, 1.807) is 17.7 Å². The molecule has 0 spiro atoms. The average Bonchev–Trinajstić information content (AvgIpc) is 3.47. The molecule has 0 saturated heterocycles. The van der Waals surface area contributed by atoms with Crippen LogP contribution in [0, 0.1) is 0 Å². The summed E-state index contributed by atoms with van der Waals surface area (Å²) in [5.41, 5.74) is 5.65. The van der Waals surface area contributed by atoms with Crippen LogP contribution in [0.5, 0.6) is 0 Å². The van der Waals surface area contributed by atoms with Crippen LogP contribution in [0.25, 0.3) is 11.6 Å². The molecular weight excluding hydrogens is 410 g/mol. The number of carbonyl (C=O) groups is 2. The van der Waals surface area contributed by atoms with Gasteiger partial charge in [-0.15, -0.1) is 21.5 Å². The lowest BCUT2D eigenvalue weighted by Gasteiger charge is -2.25. The zero-order valence-corrected chi connectivity index (χ0v) is 17.3. The third kappa shape index (κ3) is 4.38. The summed E-state index contributed by atoms with van der Waals surface area (Å²) >= 11 is 2.60. The lowest BCUT2D eigenvalue weighted by atomic mass is 9.95. The quantitative estimate of drug-likeness (QED) is 0.548. The molecule has 4 rings (SSSR count). The molecule has 3 aromatic rings. The Balaban J connectivity index is 1.50. The van der Waals surface area contributed by atoms with E-state index in [2.05, 4.69) is 20.1 Å². The number of nitrogens with two attached hydrogens (primary N) is 1. The van der Waals surface area contributed by atoms with Crippen molar-refractivity contribution >= 4 is 39.9 Å². The van der Waals surface area contributed by atoms with E-state index in [1.165, 1.54) is 42.4 Å². The van der Waals surface area contributed by atoms with Gasteiger partial charge < -0.3 is 15.5 Å². The fourth-order valence-electron chi connectivity index (χ4n) is 3.51. The van der Waals surface area contributed by atoms with Gasteiger partial charge in [-0.2, -0.15) is 0 Å². The maximum Gasteiger partial charge on any atom is 0.251 e. The highest BCUT2D eigenvalue weighted by atomic mass is 32.2. The zero-order chi connectivity index (χ0) is 20.2. The summed E-state index contributed by atoms with van der Waals surface area (Å²) in [6.45, 7) is 0. The number of thioether (sulfide) groups is 1. The van der Waals surface area contributed by atoms with Crippen LogP contribution in [0.2, 0.25) is 0 Å². The van der Waals surface area contributed by atoms with E-state index in [-0.39, 0.29) is 11.7 Å². The van der Waals surface area contributed by atoms with Crippen molar-refractivity contribution < 1.29 is 14.0 Å². The normalized spacial score (nSPS) is 14.8. The van der Waals surface area contributed by atoms with Crippen LogP contribution in [-0.4, -0.2) is 32.3 Å². The van der Waals surface area contributed by atoms with Gasteiger partial charge in [-0.3, -0.25) is 14.2 Å². The number of nitrogens with one attached hydrogen (secondary N) is 1. The maximum absolute atomic E-state index is 12.4. The first-order chi connectivity index (χ1) is 14.1. The van der Waals surface area contributed by atoms with Crippen molar-refractivity contribution in [3.05, 3.63) is 35.4 Å². The number of primary amides is 1. The first kappa shape index (κ1) is 19.7. The van der Waals surface area contributed by atoms with Crippen molar-refractivity contribution in [2.45, 2.75) is 43.3 Å². The smallest absolute Gasteiger partial charge is 0.251 e. The van der Waals surface area contributed by atoms with Crippen molar-refractivity contribution in [2.24, 2.45) is 5.73 Å². The molecule has 3 heterocycles. The predicted octanol–water partition coefficient (Wildman–Crippen LogP) is 3.93. The second kappa shape index (κ2) is 8.83. The van der Waals surface area contributed by atoms with Gasteiger partial charge in [-0.1, -0.05) is 31.0 Å².